The second-order valence-electron chi connectivity index (χ2n) is 6.60. The monoisotopic (exact) mass is 312 g/mol. The minimum Gasteiger partial charge on any atom is -0.455 e. The van der Waals surface area contributed by atoms with E-state index in [1.807, 2.05) is 61.5 Å². The van der Waals surface area contributed by atoms with Crippen molar-refractivity contribution >= 4 is 11.7 Å². The summed E-state index contributed by atoms with van der Waals surface area (Å²) in [5.41, 5.74) is 0.632. The van der Waals surface area contributed by atoms with E-state index in [1.165, 1.54) is 0 Å². The van der Waals surface area contributed by atoms with Crippen molar-refractivity contribution < 1.29 is 9.53 Å². The minimum absolute atomic E-state index is 0.00258. The lowest BCUT2D eigenvalue weighted by Gasteiger charge is -2.28. The van der Waals surface area contributed by atoms with Crippen molar-refractivity contribution in [2.24, 2.45) is 5.41 Å². The van der Waals surface area contributed by atoms with E-state index in [0.29, 0.717) is 11.4 Å². The van der Waals surface area contributed by atoms with Crippen LogP contribution >= 0.6 is 0 Å². The molecule has 0 aromatic heterocycles. The number of nitrogens with one attached hydrogen (secondary N) is 2. The maximum absolute atomic E-state index is 12.2. The molecule has 2 aromatic carbocycles. The molecule has 0 saturated carbocycles. The van der Waals surface area contributed by atoms with Gasteiger partial charge in [0, 0.05) is 6.04 Å². The molecule has 2 amide bonds. The van der Waals surface area contributed by atoms with Crippen LogP contribution in [0.1, 0.15) is 27.7 Å². The first-order valence-corrected chi connectivity index (χ1v) is 7.76. The molecule has 2 aromatic rings. The Bertz CT molecular complexity index is 648. The number of carbonyl (C=O) groups is 1. The molecule has 23 heavy (non-hydrogen) atoms. The van der Waals surface area contributed by atoms with Crippen molar-refractivity contribution in [3.63, 3.8) is 0 Å². The number of rotatable bonds is 4. The number of urea groups is 1. The average Bonchev–Trinajstić information content (AvgIpc) is 2.49. The van der Waals surface area contributed by atoms with Crippen LogP contribution < -0.4 is 15.4 Å². The Balaban J connectivity index is 2.07. The number of para-hydroxylation sites is 3. The van der Waals surface area contributed by atoms with Gasteiger partial charge in [-0.05, 0) is 36.6 Å². The lowest BCUT2D eigenvalue weighted by Crippen LogP contribution is -2.43. The molecule has 0 aliphatic carbocycles. The highest BCUT2D eigenvalue weighted by molar-refractivity contribution is 5.91. The number of benzene rings is 2. The Morgan fingerprint density at radius 2 is 1.61 bits per heavy atom. The van der Waals surface area contributed by atoms with Crippen molar-refractivity contribution in [1.82, 2.24) is 5.32 Å². The smallest absolute Gasteiger partial charge is 0.319 e. The van der Waals surface area contributed by atoms with Gasteiger partial charge < -0.3 is 15.4 Å². The van der Waals surface area contributed by atoms with Crippen LogP contribution in [-0.2, 0) is 0 Å². The van der Waals surface area contributed by atoms with Gasteiger partial charge in [0.25, 0.3) is 0 Å². The normalized spacial score (nSPS) is 12.3. The molecular formula is C19H24N2O2. The fourth-order valence-corrected chi connectivity index (χ4v) is 1.85. The molecule has 0 heterocycles. The zero-order valence-electron chi connectivity index (χ0n) is 14.1. The molecule has 0 radical (unpaired) electrons. The Hall–Kier alpha value is -2.49. The van der Waals surface area contributed by atoms with Crippen LogP contribution in [0.5, 0.6) is 11.5 Å². The summed E-state index contributed by atoms with van der Waals surface area (Å²) < 4.78 is 5.84. The summed E-state index contributed by atoms with van der Waals surface area (Å²) in [5.74, 6) is 1.34. The molecule has 4 nitrogen and oxygen atoms in total. The van der Waals surface area contributed by atoms with Gasteiger partial charge in [-0.3, -0.25) is 0 Å². The lowest BCUT2D eigenvalue weighted by molar-refractivity contribution is 0.233. The van der Waals surface area contributed by atoms with Gasteiger partial charge in [-0.2, -0.15) is 0 Å². The first kappa shape index (κ1) is 16.9. The van der Waals surface area contributed by atoms with Gasteiger partial charge in [0.15, 0.2) is 5.75 Å². The van der Waals surface area contributed by atoms with Gasteiger partial charge in [-0.1, -0.05) is 51.1 Å². The van der Waals surface area contributed by atoms with Crippen LogP contribution in [0.2, 0.25) is 0 Å². The number of carbonyl (C=O) groups excluding carboxylic acids is 1. The van der Waals surface area contributed by atoms with Crippen molar-refractivity contribution in [3.05, 3.63) is 54.6 Å². The molecule has 0 spiro atoms. The summed E-state index contributed by atoms with van der Waals surface area (Å²) in [6, 6.07) is 16.7. The van der Waals surface area contributed by atoms with E-state index in [2.05, 4.69) is 31.4 Å². The van der Waals surface area contributed by atoms with Crippen LogP contribution in [0.3, 0.4) is 0 Å². The standard InChI is InChI=1S/C19H24N2O2/c1-14(19(2,3)4)20-18(22)21-16-12-8-9-13-17(16)23-15-10-6-5-7-11-15/h5-14H,1-4H3,(H2,20,21,22). The Morgan fingerprint density at radius 1 is 1.00 bits per heavy atom. The fraction of sp³-hybridized carbons (Fsp3) is 0.316. The summed E-state index contributed by atoms with van der Waals surface area (Å²) in [6.07, 6.45) is 0. The minimum atomic E-state index is -0.239. The molecule has 0 aliphatic rings. The van der Waals surface area contributed by atoms with Gasteiger partial charge in [-0.25, -0.2) is 4.79 Å². The number of ether oxygens (including phenoxy) is 1. The summed E-state index contributed by atoms with van der Waals surface area (Å²) in [6.45, 7) is 8.26. The maximum atomic E-state index is 12.2. The molecular weight excluding hydrogens is 288 g/mol. The zero-order valence-corrected chi connectivity index (χ0v) is 14.1. The third kappa shape index (κ3) is 5.02. The van der Waals surface area contributed by atoms with Crippen LogP contribution in [-0.4, -0.2) is 12.1 Å². The summed E-state index contributed by atoms with van der Waals surface area (Å²) in [4.78, 5) is 12.2. The topological polar surface area (TPSA) is 50.4 Å². The predicted octanol–water partition coefficient (Wildman–Crippen LogP) is 5.04. The quantitative estimate of drug-likeness (QED) is 0.831. The van der Waals surface area contributed by atoms with E-state index in [0.717, 1.165) is 5.75 Å². The van der Waals surface area contributed by atoms with E-state index < -0.39 is 0 Å². The molecule has 0 fully saturated rings. The lowest BCUT2D eigenvalue weighted by atomic mass is 9.88. The van der Waals surface area contributed by atoms with Crippen LogP contribution in [0.15, 0.2) is 54.6 Å². The van der Waals surface area contributed by atoms with Gasteiger partial charge in [0.2, 0.25) is 0 Å². The number of hydrogen-bond acceptors (Lipinski definition) is 2. The summed E-state index contributed by atoms with van der Waals surface area (Å²) in [7, 11) is 0. The third-order valence-corrected chi connectivity index (χ3v) is 3.75. The average molecular weight is 312 g/mol. The predicted molar refractivity (Wildman–Crippen MR) is 94.0 cm³/mol. The van der Waals surface area contributed by atoms with E-state index in [-0.39, 0.29) is 17.5 Å². The highest BCUT2D eigenvalue weighted by Gasteiger charge is 2.22. The van der Waals surface area contributed by atoms with Gasteiger partial charge in [0.05, 0.1) is 5.69 Å². The Labute approximate surface area is 137 Å². The zero-order chi connectivity index (χ0) is 16.9. The summed E-state index contributed by atoms with van der Waals surface area (Å²) >= 11 is 0. The molecule has 2 rings (SSSR count). The third-order valence-electron chi connectivity index (χ3n) is 3.75. The molecule has 0 saturated heterocycles. The molecule has 1 atom stereocenters. The fourth-order valence-electron chi connectivity index (χ4n) is 1.85. The number of hydrogen-bond donors (Lipinski definition) is 2. The van der Waals surface area contributed by atoms with Crippen molar-refractivity contribution in [1.29, 1.82) is 0 Å². The second kappa shape index (κ2) is 7.18. The highest BCUT2D eigenvalue weighted by Crippen LogP contribution is 2.29. The van der Waals surface area contributed by atoms with Gasteiger partial charge in [0.1, 0.15) is 5.75 Å². The Morgan fingerprint density at radius 3 is 2.26 bits per heavy atom. The van der Waals surface area contributed by atoms with Gasteiger partial charge in [-0.15, -0.1) is 0 Å². The molecule has 2 N–H and O–H groups in total. The van der Waals surface area contributed by atoms with Gasteiger partial charge >= 0.3 is 6.03 Å². The molecule has 1 unspecified atom stereocenters. The largest absolute Gasteiger partial charge is 0.455 e. The summed E-state index contributed by atoms with van der Waals surface area (Å²) in [5, 5.41) is 5.81. The van der Waals surface area contributed by atoms with Crippen LogP contribution in [0, 0.1) is 5.41 Å². The SMILES string of the molecule is CC(NC(=O)Nc1ccccc1Oc1ccccc1)C(C)(C)C. The number of amides is 2. The van der Waals surface area contributed by atoms with Crippen molar-refractivity contribution in [3.8, 4) is 11.5 Å². The van der Waals surface area contributed by atoms with Crippen LogP contribution in [0.4, 0.5) is 10.5 Å². The molecule has 4 heteroatoms. The van der Waals surface area contributed by atoms with E-state index in [9.17, 15) is 4.79 Å². The molecule has 0 aliphatic heterocycles. The van der Waals surface area contributed by atoms with Crippen molar-refractivity contribution in [2.75, 3.05) is 5.32 Å². The second-order valence-corrected chi connectivity index (χ2v) is 6.60. The van der Waals surface area contributed by atoms with E-state index >= 15 is 0 Å². The number of anilines is 1. The van der Waals surface area contributed by atoms with Crippen LogP contribution in [0.25, 0.3) is 0 Å². The highest BCUT2D eigenvalue weighted by atomic mass is 16.5. The maximum Gasteiger partial charge on any atom is 0.319 e. The van der Waals surface area contributed by atoms with E-state index in [1.54, 1.807) is 0 Å². The Kier molecular flexibility index (Phi) is 5.27. The first-order valence-electron chi connectivity index (χ1n) is 7.76. The van der Waals surface area contributed by atoms with Crippen molar-refractivity contribution in [2.45, 2.75) is 33.7 Å². The molecule has 122 valence electrons. The van der Waals surface area contributed by atoms with E-state index in [4.69, 9.17) is 4.74 Å². The first-order chi connectivity index (χ1) is 10.9. The molecule has 0 bridgehead atoms.